The summed E-state index contributed by atoms with van der Waals surface area (Å²) in [6.07, 6.45) is 1.98. The first-order valence-electron chi connectivity index (χ1n) is 21.7. The van der Waals surface area contributed by atoms with Crippen molar-refractivity contribution in [3.63, 3.8) is 0 Å². The van der Waals surface area contributed by atoms with Gasteiger partial charge in [0.05, 0.1) is 48.7 Å². The van der Waals surface area contributed by atoms with E-state index in [4.69, 9.17) is 24.2 Å². The van der Waals surface area contributed by atoms with Crippen molar-refractivity contribution in [1.82, 2.24) is 40.4 Å². The first-order valence-corrected chi connectivity index (χ1v) is 21.7. The number of carboxylic acid groups (broad SMARTS) is 1. The van der Waals surface area contributed by atoms with E-state index >= 15 is 0 Å². The highest BCUT2D eigenvalue weighted by Crippen LogP contribution is 2.44. The predicted octanol–water partition coefficient (Wildman–Crippen LogP) is 7.64. The number of amides is 4. The third-order valence-corrected chi connectivity index (χ3v) is 12.9. The smallest absolute Gasteiger partial charge is 0.407 e. The maximum absolute atomic E-state index is 14.3. The van der Waals surface area contributed by atoms with Gasteiger partial charge in [-0.1, -0.05) is 62.4 Å². The molecule has 0 saturated carbocycles. The van der Waals surface area contributed by atoms with Gasteiger partial charge in [-0.3, -0.25) is 9.59 Å². The van der Waals surface area contributed by atoms with Crippen LogP contribution in [0.2, 0.25) is 0 Å². The lowest BCUT2D eigenvalue weighted by Crippen LogP contribution is -2.52. The Morgan fingerprint density at radius 3 is 2.48 bits per heavy atom. The molecule has 6 aromatic rings. The number of rotatable bonds is 11. The number of nitrogens with zero attached hydrogens (tertiary/aromatic N) is 4. The standard InChI is InChI=1S/C48H52N8O8/c1-25(2)40(53-47(59)60)46(58)56-26(3)11-16-37(56)44-50-35-15-13-29-19-34-32-14-12-30(18-31(32)24-64-39(34)20-33(29)42(35)52-44)36-21-49-43(51-36)38-17-27(23-62-4)22-55(38)45(57)41(54-48(61)63-5)28-9-7-6-8-10-28/h6-10,12-15,18-21,25-27,37-38,40-41,53H,11,16-17,22-24H2,1-5H3,(H,49,51)(H,50,52)(H,54,61)(H,59,60)/t26-,27-,37-,38-,40?,41?/m0/s1. The first-order chi connectivity index (χ1) is 30.9. The average Bonchev–Trinajstić information content (AvgIpc) is 4.12. The van der Waals surface area contributed by atoms with Crippen molar-refractivity contribution >= 4 is 45.8 Å². The lowest BCUT2D eigenvalue weighted by atomic mass is 9.92. The Kier molecular flexibility index (Phi) is 11.5. The van der Waals surface area contributed by atoms with Gasteiger partial charge >= 0.3 is 12.2 Å². The van der Waals surface area contributed by atoms with Crippen LogP contribution in [0.1, 0.15) is 80.9 Å². The number of aromatic nitrogens is 4. The van der Waals surface area contributed by atoms with E-state index in [-0.39, 0.29) is 41.8 Å². The van der Waals surface area contributed by atoms with Crippen LogP contribution in [0.15, 0.2) is 79.0 Å². The number of H-pyrrole nitrogens is 2. The summed E-state index contributed by atoms with van der Waals surface area (Å²) in [5, 5.41) is 16.5. The number of fused-ring (bicyclic) bond motifs is 6. The van der Waals surface area contributed by atoms with Crippen molar-refractivity contribution in [2.45, 2.75) is 76.8 Å². The number of hydrogen-bond donors (Lipinski definition) is 5. The number of carbonyl (C=O) groups is 4. The molecule has 0 radical (unpaired) electrons. The maximum atomic E-state index is 14.3. The monoisotopic (exact) mass is 868 g/mol. The molecule has 4 aromatic carbocycles. The molecule has 6 atom stereocenters. The Morgan fingerprint density at radius 1 is 0.922 bits per heavy atom. The van der Waals surface area contributed by atoms with Gasteiger partial charge in [-0.05, 0) is 84.0 Å². The Morgan fingerprint density at radius 2 is 1.73 bits per heavy atom. The van der Waals surface area contributed by atoms with Crippen LogP contribution in [0.25, 0.3) is 44.2 Å². The zero-order chi connectivity index (χ0) is 44.8. The molecule has 2 fully saturated rings. The van der Waals surface area contributed by atoms with Crippen molar-refractivity contribution in [3.8, 4) is 28.1 Å². The maximum Gasteiger partial charge on any atom is 0.407 e. The summed E-state index contributed by atoms with van der Waals surface area (Å²) in [4.78, 5) is 72.6. The quantitative estimate of drug-likeness (QED) is 0.0861. The van der Waals surface area contributed by atoms with Gasteiger partial charge in [0, 0.05) is 36.6 Å². The Bertz CT molecular complexity index is 2750. The number of hydrogen-bond acceptors (Lipinski definition) is 9. The van der Waals surface area contributed by atoms with Crippen LogP contribution in [0.4, 0.5) is 9.59 Å². The molecule has 0 bridgehead atoms. The molecule has 9 rings (SSSR count). The molecule has 0 aliphatic carbocycles. The zero-order valence-electron chi connectivity index (χ0n) is 36.4. The van der Waals surface area contributed by atoms with Gasteiger partial charge in [0.25, 0.3) is 5.91 Å². The minimum absolute atomic E-state index is 0.0646. The molecule has 3 aliphatic heterocycles. The highest BCUT2D eigenvalue weighted by atomic mass is 16.5. The highest BCUT2D eigenvalue weighted by molar-refractivity contribution is 6.07. The van der Waals surface area contributed by atoms with E-state index in [2.05, 4.69) is 50.9 Å². The fourth-order valence-corrected chi connectivity index (χ4v) is 9.77. The molecule has 16 nitrogen and oxygen atoms in total. The number of benzene rings is 4. The number of alkyl carbamates (subject to hydrolysis) is 1. The Hall–Kier alpha value is -6.94. The van der Waals surface area contributed by atoms with E-state index in [9.17, 15) is 24.3 Å². The molecule has 2 aromatic heterocycles. The second kappa shape index (κ2) is 17.3. The van der Waals surface area contributed by atoms with Gasteiger partial charge in [0.1, 0.15) is 36.1 Å². The van der Waals surface area contributed by atoms with Gasteiger partial charge in [-0.25, -0.2) is 19.6 Å². The molecular formula is C48H52N8O8. The molecule has 3 aliphatic rings. The molecule has 2 unspecified atom stereocenters. The van der Waals surface area contributed by atoms with Crippen molar-refractivity contribution in [1.29, 1.82) is 0 Å². The van der Waals surface area contributed by atoms with Gasteiger partial charge in [0.15, 0.2) is 0 Å². The van der Waals surface area contributed by atoms with Crippen LogP contribution >= 0.6 is 0 Å². The number of methoxy groups -OCH3 is 2. The van der Waals surface area contributed by atoms with Crippen molar-refractivity contribution in [2.75, 3.05) is 27.4 Å². The van der Waals surface area contributed by atoms with E-state index in [1.54, 1.807) is 35.2 Å². The zero-order valence-corrected chi connectivity index (χ0v) is 36.4. The number of likely N-dealkylation sites (tertiary alicyclic amines) is 2. The van der Waals surface area contributed by atoms with Crippen molar-refractivity contribution in [2.24, 2.45) is 11.8 Å². The summed E-state index contributed by atoms with van der Waals surface area (Å²) in [5.74, 6) is 1.38. The van der Waals surface area contributed by atoms with Gasteiger partial charge in [0.2, 0.25) is 5.91 Å². The van der Waals surface area contributed by atoms with Gasteiger partial charge in [-0.15, -0.1) is 0 Å². The molecule has 5 N–H and O–H groups in total. The van der Waals surface area contributed by atoms with Gasteiger partial charge in [-0.2, -0.15) is 0 Å². The lowest BCUT2D eigenvalue weighted by Gasteiger charge is -2.32. The van der Waals surface area contributed by atoms with Crippen molar-refractivity contribution < 1.29 is 38.5 Å². The molecule has 5 heterocycles. The summed E-state index contributed by atoms with van der Waals surface area (Å²) in [6.45, 7) is 6.92. The molecule has 16 heteroatoms. The molecule has 332 valence electrons. The number of carbonyl (C=O) groups excluding carboxylic acids is 3. The Labute approximate surface area is 369 Å². The largest absolute Gasteiger partial charge is 0.488 e. The van der Waals surface area contributed by atoms with E-state index in [0.29, 0.717) is 49.8 Å². The minimum Gasteiger partial charge on any atom is -0.488 e. The molecule has 64 heavy (non-hydrogen) atoms. The first kappa shape index (κ1) is 42.4. The third-order valence-electron chi connectivity index (χ3n) is 12.9. The summed E-state index contributed by atoms with van der Waals surface area (Å²) >= 11 is 0. The molecule has 0 spiro atoms. The summed E-state index contributed by atoms with van der Waals surface area (Å²) in [5.41, 5.74) is 7.00. The molecular weight excluding hydrogens is 817 g/mol. The fourth-order valence-electron chi connectivity index (χ4n) is 9.77. The van der Waals surface area contributed by atoms with Crippen LogP contribution < -0.4 is 15.4 Å². The van der Waals surface area contributed by atoms with E-state index in [1.165, 1.54) is 7.11 Å². The van der Waals surface area contributed by atoms with Crippen molar-refractivity contribution in [3.05, 3.63) is 102 Å². The number of nitrogens with one attached hydrogen (secondary N) is 4. The minimum atomic E-state index is -1.23. The number of ether oxygens (including phenoxy) is 3. The highest BCUT2D eigenvalue weighted by Gasteiger charge is 2.43. The normalized spacial score (nSPS) is 20.2. The van der Waals surface area contributed by atoms with E-state index in [1.807, 2.05) is 51.1 Å². The summed E-state index contributed by atoms with van der Waals surface area (Å²) in [6, 6.07) is 21.0. The Balaban J connectivity index is 0.978. The van der Waals surface area contributed by atoms with E-state index in [0.717, 1.165) is 61.9 Å². The average molecular weight is 869 g/mol. The molecule has 2 saturated heterocycles. The van der Waals surface area contributed by atoms with Crippen LogP contribution in [-0.4, -0.2) is 98.3 Å². The SMILES string of the molecule is COC[C@H]1C[C@@H](c2ncc(-c3ccc4c(c3)COc3cc5c(ccc6[nH]c([C@@H]7CC[C@H](C)N7C(=O)C(NC(=O)O)C(C)C)nc65)cc3-4)[nH]2)N(C(=O)C(NC(=O)OC)c2ccccc2)C1. The van der Waals surface area contributed by atoms with Crippen LogP contribution in [0, 0.1) is 11.8 Å². The molecule has 4 amide bonds. The third kappa shape index (κ3) is 7.86. The summed E-state index contributed by atoms with van der Waals surface area (Å²) < 4.78 is 16.8. The second-order valence-corrected chi connectivity index (χ2v) is 17.4. The van der Waals surface area contributed by atoms with E-state index < -0.39 is 24.3 Å². The topological polar surface area (TPSA) is 204 Å². The summed E-state index contributed by atoms with van der Waals surface area (Å²) in [7, 11) is 2.92. The van der Waals surface area contributed by atoms with Gasteiger partial charge < -0.3 is 49.7 Å². The predicted molar refractivity (Wildman–Crippen MR) is 238 cm³/mol. The fraction of sp³-hybridized carbons (Fsp3) is 0.375. The number of imidazole rings is 2. The van der Waals surface area contributed by atoms with Crippen LogP contribution in [0.5, 0.6) is 5.75 Å². The number of aromatic amines is 2. The van der Waals surface area contributed by atoms with Crippen LogP contribution in [-0.2, 0) is 25.7 Å². The lowest BCUT2D eigenvalue weighted by molar-refractivity contribution is -0.137. The van der Waals surface area contributed by atoms with Crippen LogP contribution in [0.3, 0.4) is 0 Å². The second-order valence-electron chi connectivity index (χ2n) is 17.4.